The van der Waals surface area contributed by atoms with Crippen molar-refractivity contribution in [1.29, 1.82) is 0 Å². The Morgan fingerprint density at radius 1 is 1.17 bits per heavy atom. The highest BCUT2D eigenvalue weighted by Gasteiger charge is 2.21. The first-order valence-electron chi connectivity index (χ1n) is 9.82. The highest BCUT2D eigenvalue weighted by Crippen LogP contribution is 2.27. The summed E-state index contributed by atoms with van der Waals surface area (Å²) in [6.45, 7) is 4.25. The summed E-state index contributed by atoms with van der Waals surface area (Å²) in [6, 6.07) is 15.8. The van der Waals surface area contributed by atoms with Crippen molar-refractivity contribution >= 4 is 23.4 Å². The zero-order chi connectivity index (χ0) is 20.1. The van der Waals surface area contributed by atoms with E-state index in [-0.39, 0.29) is 6.10 Å². The maximum absolute atomic E-state index is 6.05. The molecule has 152 valence electrons. The second kappa shape index (κ2) is 9.65. The Morgan fingerprint density at radius 2 is 2.00 bits per heavy atom. The molecule has 3 aromatic rings. The minimum Gasteiger partial charge on any atom is -0.492 e. The third-order valence-electron chi connectivity index (χ3n) is 4.90. The molecule has 5 nitrogen and oxygen atoms in total. The van der Waals surface area contributed by atoms with Crippen LogP contribution in [0.3, 0.4) is 0 Å². The lowest BCUT2D eigenvalue weighted by Gasteiger charge is -2.15. The number of hydrogen-bond acceptors (Lipinski definition) is 5. The van der Waals surface area contributed by atoms with E-state index >= 15 is 0 Å². The summed E-state index contributed by atoms with van der Waals surface area (Å²) in [7, 11) is 0. The van der Waals surface area contributed by atoms with Crippen molar-refractivity contribution < 1.29 is 9.47 Å². The van der Waals surface area contributed by atoms with Crippen molar-refractivity contribution in [3.8, 4) is 17.1 Å². The molecule has 1 atom stereocenters. The molecule has 1 fully saturated rings. The van der Waals surface area contributed by atoms with Gasteiger partial charge in [0.15, 0.2) is 11.0 Å². The summed E-state index contributed by atoms with van der Waals surface area (Å²) in [4.78, 5) is 0. The molecule has 0 N–H and O–H groups in total. The second-order valence-corrected chi connectivity index (χ2v) is 8.52. The number of nitrogens with zero attached hydrogens (tertiary/aromatic N) is 3. The van der Waals surface area contributed by atoms with Crippen LogP contribution in [0.4, 0.5) is 0 Å². The number of ether oxygens (including phenoxy) is 2. The van der Waals surface area contributed by atoms with Gasteiger partial charge in [0, 0.05) is 22.9 Å². The first-order valence-corrected chi connectivity index (χ1v) is 11.2. The van der Waals surface area contributed by atoms with Crippen molar-refractivity contribution in [1.82, 2.24) is 14.8 Å². The first kappa shape index (κ1) is 20.3. The van der Waals surface area contributed by atoms with Gasteiger partial charge in [-0.3, -0.25) is 4.57 Å². The summed E-state index contributed by atoms with van der Waals surface area (Å²) < 4.78 is 13.9. The fraction of sp³-hybridized carbons (Fsp3) is 0.364. The smallest absolute Gasteiger partial charge is 0.191 e. The highest BCUT2D eigenvalue weighted by atomic mass is 35.5. The number of benzene rings is 2. The van der Waals surface area contributed by atoms with Crippen LogP contribution in [0.15, 0.2) is 53.7 Å². The van der Waals surface area contributed by atoms with Crippen LogP contribution >= 0.6 is 23.4 Å². The van der Waals surface area contributed by atoms with Crippen LogP contribution in [0.5, 0.6) is 5.75 Å². The standard InChI is InChI=1S/C22H24ClN3O2S/c1-16-5-2-3-7-20(16)28-13-14-29-22-25-24-21(17-8-10-18(23)11-9-17)26(22)15-19-6-4-12-27-19/h2-3,5,7-11,19H,4,6,12-15H2,1H3/t19-/m1/s1. The molecule has 1 aromatic heterocycles. The molecular formula is C22H24ClN3O2S. The van der Waals surface area contributed by atoms with E-state index in [2.05, 4.69) is 27.8 Å². The predicted molar refractivity (Wildman–Crippen MR) is 117 cm³/mol. The zero-order valence-corrected chi connectivity index (χ0v) is 18.0. The van der Waals surface area contributed by atoms with Gasteiger partial charge in [-0.15, -0.1) is 10.2 Å². The number of halogens is 1. The van der Waals surface area contributed by atoms with Gasteiger partial charge in [0.25, 0.3) is 0 Å². The minimum atomic E-state index is 0.208. The molecule has 29 heavy (non-hydrogen) atoms. The van der Waals surface area contributed by atoms with Crippen LogP contribution < -0.4 is 4.74 Å². The fourth-order valence-corrected chi connectivity index (χ4v) is 4.26. The quantitative estimate of drug-likeness (QED) is 0.361. The van der Waals surface area contributed by atoms with Gasteiger partial charge in [-0.25, -0.2) is 0 Å². The Kier molecular flexibility index (Phi) is 6.74. The van der Waals surface area contributed by atoms with Crippen molar-refractivity contribution in [3.05, 3.63) is 59.1 Å². The number of aryl methyl sites for hydroxylation is 1. The van der Waals surface area contributed by atoms with Gasteiger partial charge in [0.05, 0.1) is 19.3 Å². The molecule has 2 heterocycles. The van der Waals surface area contributed by atoms with E-state index in [0.717, 1.165) is 59.6 Å². The fourth-order valence-electron chi connectivity index (χ4n) is 3.37. The maximum Gasteiger partial charge on any atom is 0.191 e. The van der Waals surface area contributed by atoms with Gasteiger partial charge in [-0.2, -0.15) is 0 Å². The van der Waals surface area contributed by atoms with E-state index in [1.54, 1.807) is 11.8 Å². The molecule has 0 spiro atoms. The Balaban J connectivity index is 1.46. The monoisotopic (exact) mass is 429 g/mol. The summed E-state index contributed by atoms with van der Waals surface area (Å²) in [5.74, 6) is 2.56. The van der Waals surface area contributed by atoms with Gasteiger partial charge < -0.3 is 9.47 Å². The molecule has 1 saturated heterocycles. The molecule has 0 amide bonds. The summed E-state index contributed by atoms with van der Waals surface area (Å²) in [5.41, 5.74) is 2.15. The first-order chi connectivity index (χ1) is 14.2. The van der Waals surface area contributed by atoms with Crippen molar-refractivity contribution in [2.45, 2.75) is 37.6 Å². The number of para-hydroxylation sites is 1. The molecule has 1 aliphatic heterocycles. The number of rotatable bonds is 8. The molecule has 0 radical (unpaired) electrons. The normalized spacial score (nSPS) is 16.3. The lowest BCUT2D eigenvalue weighted by atomic mass is 10.2. The molecule has 0 unspecified atom stereocenters. The summed E-state index contributed by atoms with van der Waals surface area (Å²) >= 11 is 7.70. The molecule has 4 rings (SSSR count). The lowest BCUT2D eigenvalue weighted by molar-refractivity contribution is 0.0953. The second-order valence-electron chi connectivity index (χ2n) is 7.02. The van der Waals surface area contributed by atoms with Crippen molar-refractivity contribution in [2.75, 3.05) is 19.0 Å². The van der Waals surface area contributed by atoms with Crippen LogP contribution in [0, 0.1) is 6.92 Å². The van der Waals surface area contributed by atoms with E-state index in [1.165, 1.54) is 0 Å². The third-order valence-corrected chi connectivity index (χ3v) is 6.08. The van der Waals surface area contributed by atoms with E-state index in [9.17, 15) is 0 Å². The van der Waals surface area contributed by atoms with Gasteiger partial charge in [-0.1, -0.05) is 41.6 Å². The molecule has 7 heteroatoms. The van der Waals surface area contributed by atoms with Crippen LogP contribution in [0.2, 0.25) is 5.02 Å². The Labute approximate surface area is 180 Å². The van der Waals surface area contributed by atoms with E-state index in [4.69, 9.17) is 21.1 Å². The highest BCUT2D eigenvalue weighted by molar-refractivity contribution is 7.99. The summed E-state index contributed by atoms with van der Waals surface area (Å²) in [6.07, 6.45) is 2.38. The van der Waals surface area contributed by atoms with Gasteiger partial charge >= 0.3 is 0 Å². The van der Waals surface area contributed by atoms with Crippen LogP contribution in [-0.2, 0) is 11.3 Å². The van der Waals surface area contributed by atoms with Gasteiger partial charge in [0.1, 0.15) is 5.75 Å². The van der Waals surface area contributed by atoms with Crippen LogP contribution in [-0.4, -0.2) is 39.8 Å². The SMILES string of the molecule is Cc1ccccc1OCCSc1nnc(-c2ccc(Cl)cc2)n1C[C@H]1CCCO1. The van der Waals surface area contributed by atoms with Crippen LogP contribution in [0.1, 0.15) is 18.4 Å². The molecule has 0 aliphatic carbocycles. The molecule has 1 aliphatic rings. The largest absolute Gasteiger partial charge is 0.492 e. The number of aromatic nitrogens is 3. The van der Waals surface area contributed by atoms with Crippen molar-refractivity contribution in [2.24, 2.45) is 0 Å². The van der Waals surface area contributed by atoms with E-state index < -0.39 is 0 Å². The molecular weight excluding hydrogens is 406 g/mol. The van der Waals surface area contributed by atoms with Gasteiger partial charge in [0.2, 0.25) is 0 Å². The maximum atomic E-state index is 6.05. The number of hydrogen-bond donors (Lipinski definition) is 0. The predicted octanol–water partition coefficient (Wildman–Crippen LogP) is 5.26. The molecule has 0 bridgehead atoms. The average Bonchev–Trinajstić information content (AvgIpc) is 3.38. The summed E-state index contributed by atoms with van der Waals surface area (Å²) in [5, 5.41) is 10.5. The van der Waals surface area contributed by atoms with Gasteiger partial charge in [-0.05, 0) is 55.7 Å². The van der Waals surface area contributed by atoms with E-state index in [1.807, 2.05) is 42.5 Å². The average molecular weight is 430 g/mol. The van der Waals surface area contributed by atoms with Crippen LogP contribution in [0.25, 0.3) is 11.4 Å². The molecule has 0 saturated carbocycles. The van der Waals surface area contributed by atoms with Crippen molar-refractivity contribution in [3.63, 3.8) is 0 Å². The Hall–Kier alpha value is -2.02. The zero-order valence-electron chi connectivity index (χ0n) is 16.4. The Morgan fingerprint density at radius 3 is 2.76 bits per heavy atom. The minimum absolute atomic E-state index is 0.208. The topological polar surface area (TPSA) is 49.2 Å². The van der Waals surface area contributed by atoms with E-state index in [0.29, 0.717) is 11.6 Å². The third kappa shape index (κ3) is 5.13. The molecule has 2 aromatic carbocycles. The Bertz CT molecular complexity index is 939. The number of thioether (sulfide) groups is 1. The lowest BCUT2D eigenvalue weighted by Crippen LogP contribution is -2.17.